The molecule has 0 spiro atoms. The largest absolute Gasteiger partial charge is 0.486 e. The van der Waals surface area contributed by atoms with Gasteiger partial charge in [-0.15, -0.1) is 0 Å². The van der Waals surface area contributed by atoms with E-state index in [9.17, 15) is 9.59 Å². The van der Waals surface area contributed by atoms with Crippen LogP contribution in [0.15, 0.2) is 18.2 Å². The molecule has 1 fully saturated rings. The van der Waals surface area contributed by atoms with Crippen LogP contribution in [0, 0.1) is 5.41 Å². The molecule has 3 rings (SSSR count). The van der Waals surface area contributed by atoms with Crippen molar-refractivity contribution in [1.82, 2.24) is 10.2 Å². The number of likely N-dealkylation sites (tertiary alicyclic amines) is 1. The molecule has 0 aliphatic carbocycles. The zero-order chi connectivity index (χ0) is 27.1. The van der Waals surface area contributed by atoms with Crippen LogP contribution in [0.2, 0.25) is 0 Å². The highest BCUT2D eigenvalue weighted by molar-refractivity contribution is 5.76. The first kappa shape index (κ1) is 30.9. The summed E-state index contributed by atoms with van der Waals surface area (Å²) in [5.41, 5.74) is 0.210. The van der Waals surface area contributed by atoms with E-state index < -0.39 is 11.5 Å². The molecule has 0 saturated carbocycles. The summed E-state index contributed by atoms with van der Waals surface area (Å²) in [7, 11) is 2.17. The fraction of sp³-hybridized carbons (Fsp3) is 0.724. The number of amides is 1. The fourth-order valence-electron chi connectivity index (χ4n) is 3.98. The van der Waals surface area contributed by atoms with Crippen molar-refractivity contribution in [3.05, 3.63) is 23.8 Å². The average Bonchev–Trinajstić information content (AvgIpc) is 3.36. The van der Waals surface area contributed by atoms with Crippen LogP contribution in [0.1, 0.15) is 90.7 Å². The normalized spacial score (nSPS) is 15.9. The molecular weight excluding hydrogens is 472 g/mol. The van der Waals surface area contributed by atoms with Crippen LogP contribution >= 0.6 is 0 Å². The first-order valence-corrected chi connectivity index (χ1v) is 13.8. The summed E-state index contributed by atoms with van der Waals surface area (Å²) in [5.74, 6) is 0.981. The van der Waals surface area contributed by atoms with Crippen molar-refractivity contribution in [1.29, 1.82) is 0 Å². The Labute approximate surface area is 223 Å². The van der Waals surface area contributed by atoms with Gasteiger partial charge < -0.3 is 29.2 Å². The molecule has 1 unspecified atom stereocenters. The molecule has 1 amide bonds. The van der Waals surface area contributed by atoms with Gasteiger partial charge in [0.2, 0.25) is 5.91 Å². The molecule has 8 heteroatoms. The van der Waals surface area contributed by atoms with Crippen LogP contribution in [0.25, 0.3) is 0 Å². The van der Waals surface area contributed by atoms with Crippen LogP contribution in [-0.4, -0.2) is 63.5 Å². The standard InChI is InChI=1S/C24H37NO6.C5H11N/c1-5-6-7-8-9-10-22(26)25-16-21(30-17-31-23(27)24(2,3)4)18-11-12-19-20(15-18)29-14-13-28-19;1-6-4-2-3-5-6/h11-12,15,21H,5-10,13-14,16-17H2,1-4H3,(H,25,26);2-5H2,1H3. The Hall–Kier alpha value is -2.32. The van der Waals surface area contributed by atoms with Gasteiger partial charge in [-0.1, -0.05) is 38.7 Å². The van der Waals surface area contributed by atoms with E-state index in [4.69, 9.17) is 18.9 Å². The van der Waals surface area contributed by atoms with E-state index in [0.29, 0.717) is 31.1 Å². The van der Waals surface area contributed by atoms with Crippen molar-refractivity contribution >= 4 is 11.9 Å². The van der Waals surface area contributed by atoms with Gasteiger partial charge >= 0.3 is 5.97 Å². The lowest BCUT2D eigenvalue weighted by Crippen LogP contribution is -2.31. The van der Waals surface area contributed by atoms with Gasteiger partial charge in [-0.25, -0.2) is 0 Å². The van der Waals surface area contributed by atoms with Gasteiger partial charge in [-0.2, -0.15) is 0 Å². The number of carbonyl (C=O) groups is 2. The van der Waals surface area contributed by atoms with Crippen molar-refractivity contribution in [3.8, 4) is 11.5 Å². The number of benzene rings is 1. The minimum absolute atomic E-state index is 0.00525. The molecule has 37 heavy (non-hydrogen) atoms. The first-order chi connectivity index (χ1) is 17.7. The molecule has 0 bridgehead atoms. The van der Waals surface area contributed by atoms with E-state index in [0.717, 1.165) is 24.8 Å². The maximum absolute atomic E-state index is 12.3. The second-order valence-electron chi connectivity index (χ2n) is 10.8. The van der Waals surface area contributed by atoms with Crippen LogP contribution in [0.3, 0.4) is 0 Å². The molecule has 2 aliphatic heterocycles. The highest BCUT2D eigenvalue weighted by atomic mass is 16.7. The Morgan fingerprint density at radius 3 is 2.32 bits per heavy atom. The van der Waals surface area contributed by atoms with Crippen molar-refractivity contribution in [2.75, 3.05) is 46.7 Å². The number of carbonyl (C=O) groups excluding carboxylic acids is 2. The molecule has 1 aromatic carbocycles. The van der Waals surface area contributed by atoms with Gasteiger partial charge in [0.05, 0.1) is 5.41 Å². The van der Waals surface area contributed by atoms with Crippen LogP contribution in [-0.2, 0) is 19.1 Å². The third-order valence-corrected chi connectivity index (χ3v) is 6.33. The molecule has 1 N–H and O–H groups in total. The summed E-state index contributed by atoms with van der Waals surface area (Å²) in [6.07, 6.45) is 8.33. The van der Waals surface area contributed by atoms with Gasteiger partial charge in [0, 0.05) is 13.0 Å². The fourth-order valence-corrected chi connectivity index (χ4v) is 3.98. The third kappa shape index (κ3) is 12.2. The Morgan fingerprint density at radius 2 is 1.70 bits per heavy atom. The number of nitrogens with zero attached hydrogens (tertiary/aromatic N) is 1. The molecule has 1 atom stereocenters. The summed E-state index contributed by atoms with van der Waals surface area (Å²) < 4.78 is 22.3. The lowest BCUT2D eigenvalue weighted by atomic mass is 9.98. The smallest absolute Gasteiger partial charge is 0.313 e. The summed E-state index contributed by atoms with van der Waals surface area (Å²) >= 11 is 0. The second-order valence-corrected chi connectivity index (χ2v) is 10.8. The monoisotopic (exact) mass is 520 g/mol. The second kappa shape index (κ2) is 16.5. The molecule has 0 aromatic heterocycles. The topological polar surface area (TPSA) is 86.3 Å². The van der Waals surface area contributed by atoms with E-state index in [1.165, 1.54) is 38.8 Å². The van der Waals surface area contributed by atoms with Gasteiger partial charge in [0.25, 0.3) is 0 Å². The minimum Gasteiger partial charge on any atom is -0.486 e. The van der Waals surface area contributed by atoms with Crippen LogP contribution < -0.4 is 14.8 Å². The Morgan fingerprint density at radius 1 is 1.03 bits per heavy atom. The molecule has 210 valence electrons. The lowest BCUT2D eigenvalue weighted by Gasteiger charge is -2.23. The quantitative estimate of drug-likeness (QED) is 0.229. The predicted molar refractivity (Wildman–Crippen MR) is 145 cm³/mol. The van der Waals surface area contributed by atoms with E-state index in [-0.39, 0.29) is 25.2 Å². The molecule has 1 aromatic rings. The van der Waals surface area contributed by atoms with E-state index >= 15 is 0 Å². The number of nitrogens with one attached hydrogen (secondary N) is 1. The van der Waals surface area contributed by atoms with Crippen molar-refractivity contribution in [3.63, 3.8) is 0 Å². The number of fused-ring (bicyclic) bond motifs is 1. The zero-order valence-corrected chi connectivity index (χ0v) is 23.6. The number of rotatable bonds is 12. The number of unbranched alkanes of at least 4 members (excludes halogenated alkanes) is 4. The van der Waals surface area contributed by atoms with Gasteiger partial charge in [-0.3, -0.25) is 9.59 Å². The molecular formula is C29H48N2O6. The van der Waals surface area contributed by atoms with Gasteiger partial charge in [-0.05, 0) is 77.9 Å². The van der Waals surface area contributed by atoms with Crippen molar-refractivity contribution in [2.24, 2.45) is 5.41 Å². The Kier molecular flexibility index (Phi) is 13.8. The summed E-state index contributed by atoms with van der Waals surface area (Å²) in [6.45, 7) is 11.3. The molecule has 1 saturated heterocycles. The SMILES string of the molecule is CCCCCCCC(=O)NCC(OCOC(=O)C(C)(C)C)c1ccc2c(c1)OCCO2.CN1CCCC1. The zero-order valence-electron chi connectivity index (χ0n) is 23.6. The maximum Gasteiger partial charge on any atom is 0.313 e. The number of hydrogen-bond acceptors (Lipinski definition) is 7. The van der Waals surface area contributed by atoms with Gasteiger partial charge in [0.15, 0.2) is 18.3 Å². The Balaban J connectivity index is 0.000000700. The highest BCUT2D eigenvalue weighted by Crippen LogP contribution is 2.33. The van der Waals surface area contributed by atoms with E-state index in [2.05, 4.69) is 24.2 Å². The van der Waals surface area contributed by atoms with Gasteiger partial charge in [0.1, 0.15) is 19.3 Å². The average molecular weight is 521 g/mol. The third-order valence-electron chi connectivity index (χ3n) is 6.33. The van der Waals surface area contributed by atoms with E-state index in [1.807, 2.05) is 18.2 Å². The number of hydrogen-bond donors (Lipinski definition) is 1. The minimum atomic E-state index is -0.609. The van der Waals surface area contributed by atoms with Crippen LogP contribution in [0.5, 0.6) is 11.5 Å². The van der Waals surface area contributed by atoms with Crippen molar-refractivity contribution < 1.29 is 28.5 Å². The highest BCUT2D eigenvalue weighted by Gasteiger charge is 2.24. The molecule has 2 aliphatic rings. The summed E-state index contributed by atoms with van der Waals surface area (Å²) in [5, 5.41) is 2.94. The number of ether oxygens (including phenoxy) is 4. The number of esters is 1. The molecule has 8 nitrogen and oxygen atoms in total. The maximum atomic E-state index is 12.3. The molecule has 0 radical (unpaired) electrons. The van der Waals surface area contributed by atoms with Crippen LogP contribution in [0.4, 0.5) is 0 Å². The summed E-state index contributed by atoms with van der Waals surface area (Å²) in [6, 6.07) is 5.55. The lowest BCUT2D eigenvalue weighted by molar-refractivity contribution is -0.170. The Bertz CT molecular complexity index is 817. The summed E-state index contributed by atoms with van der Waals surface area (Å²) in [4.78, 5) is 26.6. The van der Waals surface area contributed by atoms with Crippen molar-refractivity contribution in [2.45, 2.75) is 85.2 Å². The first-order valence-electron chi connectivity index (χ1n) is 13.8. The van der Waals surface area contributed by atoms with E-state index in [1.54, 1.807) is 20.8 Å². The predicted octanol–water partition coefficient (Wildman–Crippen LogP) is 5.25. The molecule has 2 heterocycles.